The van der Waals surface area contributed by atoms with Gasteiger partial charge in [-0.1, -0.05) is 17.7 Å². The van der Waals surface area contributed by atoms with Gasteiger partial charge in [-0.2, -0.15) is 0 Å². The van der Waals surface area contributed by atoms with Gasteiger partial charge in [-0.3, -0.25) is 0 Å². The third-order valence-electron chi connectivity index (χ3n) is 3.02. The second-order valence-electron chi connectivity index (χ2n) is 4.24. The normalized spacial score (nSPS) is 17.2. The third kappa shape index (κ3) is 2.04. The summed E-state index contributed by atoms with van der Waals surface area (Å²) >= 11 is 0. The van der Waals surface area contributed by atoms with Gasteiger partial charge in [0.2, 0.25) is 0 Å². The van der Waals surface area contributed by atoms with E-state index in [0.29, 0.717) is 5.92 Å². The average Bonchev–Trinajstić information content (AvgIpc) is 3.04. The van der Waals surface area contributed by atoms with Gasteiger partial charge in [0.15, 0.2) is 0 Å². The lowest BCUT2D eigenvalue weighted by molar-refractivity contribution is -0.109. The minimum absolute atomic E-state index is 0.0276. The molecule has 0 radical (unpaired) electrons. The molecule has 0 heterocycles. The molecule has 1 atom stereocenters. The molecule has 1 unspecified atom stereocenters. The molecule has 0 spiro atoms. The standard InChI is InChI=1S/C13H16O2/c1-9-3-6-13(15-2)11(7-9)12(8-14)10-4-5-10/h3,6-8,10,12H,4-5H2,1-2H3. The van der Waals surface area contributed by atoms with Crippen LogP contribution in [-0.4, -0.2) is 13.4 Å². The molecule has 0 bridgehead atoms. The number of aldehydes is 1. The highest BCUT2D eigenvalue weighted by Gasteiger charge is 2.33. The summed E-state index contributed by atoms with van der Waals surface area (Å²) in [4.78, 5) is 11.1. The minimum Gasteiger partial charge on any atom is -0.496 e. The lowest BCUT2D eigenvalue weighted by Gasteiger charge is -2.14. The van der Waals surface area contributed by atoms with Crippen LogP contribution in [0.5, 0.6) is 5.75 Å². The summed E-state index contributed by atoms with van der Waals surface area (Å²) < 4.78 is 5.30. The number of rotatable bonds is 4. The zero-order chi connectivity index (χ0) is 10.8. The van der Waals surface area contributed by atoms with Gasteiger partial charge in [-0.25, -0.2) is 0 Å². The molecular weight excluding hydrogens is 188 g/mol. The minimum atomic E-state index is 0.0276. The number of carbonyl (C=O) groups excluding carboxylic acids is 1. The van der Waals surface area contributed by atoms with Crippen LogP contribution >= 0.6 is 0 Å². The maximum Gasteiger partial charge on any atom is 0.127 e. The number of benzene rings is 1. The van der Waals surface area contributed by atoms with Gasteiger partial charge in [0.1, 0.15) is 12.0 Å². The number of hydrogen-bond donors (Lipinski definition) is 0. The molecule has 1 aliphatic rings. The predicted molar refractivity (Wildman–Crippen MR) is 59.3 cm³/mol. The van der Waals surface area contributed by atoms with Crippen LogP contribution in [0, 0.1) is 12.8 Å². The summed E-state index contributed by atoms with van der Waals surface area (Å²) in [7, 11) is 1.66. The highest BCUT2D eigenvalue weighted by atomic mass is 16.5. The van der Waals surface area contributed by atoms with Gasteiger partial charge in [-0.05, 0) is 31.7 Å². The molecule has 2 nitrogen and oxygen atoms in total. The summed E-state index contributed by atoms with van der Waals surface area (Å²) in [5, 5.41) is 0. The quantitative estimate of drug-likeness (QED) is 0.705. The van der Waals surface area contributed by atoms with Crippen LogP contribution in [0.3, 0.4) is 0 Å². The monoisotopic (exact) mass is 204 g/mol. The van der Waals surface area contributed by atoms with E-state index in [2.05, 4.69) is 6.07 Å². The van der Waals surface area contributed by atoms with Crippen LogP contribution < -0.4 is 4.74 Å². The van der Waals surface area contributed by atoms with E-state index in [-0.39, 0.29) is 5.92 Å². The Bertz CT molecular complexity index is 367. The van der Waals surface area contributed by atoms with Gasteiger partial charge < -0.3 is 9.53 Å². The fourth-order valence-corrected chi connectivity index (χ4v) is 2.01. The van der Waals surface area contributed by atoms with Gasteiger partial charge in [-0.15, -0.1) is 0 Å². The number of methoxy groups -OCH3 is 1. The number of carbonyl (C=O) groups is 1. The zero-order valence-electron chi connectivity index (χ0n) is 9.19. The van der Waals surface area contributed by atoms with E-state index in [4.69, 9.17) is 4.74 Å². The van der Waals surface area contributed by atoms with Crippen molar-refractivity contribution in [3.63, 3.8) is 0 Å². The van der Waals surface area contributed by atoms with Crippen molar-refractivity contribution in [2.45, 2.75) is 25.7 Å². The molecule has 1 aromatic rings. The number of hydrogen-bond acceptors (Lipinski definition) is 2. The summed E-state index contributed by atoms with van der Waals surface area (Å²) in [6.07, 6.45) is 3.40. The molecule has 0 N–H and O–H groups in total. The van der Waals surface area contributed by atoms with Gasteiger partial charge >= 0.3 is 0 Å². The van der Waals surface area contributed by atoms with E-state index in [1.165, 1.54) is 18.4 Å². The van der Waals surface area contributed by atoms with Crippen LogP contribution in [0.4, 0.5) is 0 Å². The summed E-state index contributed by atoms with van der Waals surface area (Å²) in [6, 6.07) is 6.02. The van der Waals surface area contributed by atoms with E-state index in [0.717, 1.165) is 17.6 Å². The smallest absolute Gasteiger partial charge is 0.127 e. The van der Waals surface area contributed by atoms with Crippen LogP contribution in [0.15, 0.2) is 18.2 Å². The molecule has 1 saturated carbocycles. The van der Waals surface area contributed by atoms with Crippen molar-refractivity contribution in [2.75, 3.05) is 7.11 Å². The molecule has 2 rings (SSSR count). The van der Waals surface area contributed by atoms with Crippen LogP contribution in [0.25, 0.3) is 0 Å². The lowest BCUT2D eigenvalue weighted by Crippen LogP contribution is -2.05. The van der Waals surface area contributed by atoms with Crippen molar-refractivity contribution in [2.24, 2.45) is 5.92 Å². The first kappa shape index (κ1) is 10.2. The van der Waals surface area contributed by atoms with E-state index in [1.807, 2.05) is 19.1 Å². The molecule has 0 saturated heterocycles. The Morgan fingerprint density at radius 3 is 2.73 bits per heavy atom. The molecule has 1 fully saturated rings. The number of aryl methyl sites for hydroxylation is 1. The molecule has 1 aromatic carbocycles. The first-order valence-electron chi connectivity index (χ1n) is 5.36. The summed E-state index contributed by atoms with van der Waals surface area (Å²) in [5.41, 5.74) is 2.23. The van der Waals surface area contributed by atoms with E-state index >= 15 is 0 Å². The predicted octanol–water partition coefficient (Wildman–Crippen LogP) is 2.70. The topological polar surface area (TPSA) is 26.3 Å². The van der Waals surface area contributed by atoms with Crippen molar-refractivity contribution in [3.8, 4) is 5.75 Å². The van der Waals surface area contributed by atoms with Crippen LogP contribution in [0.2, 0.25) is 0 Å². The Labute approximate surface area is 90.3 Å². The first-order chi connectivity index (χ1) is 7.26. The fourth-order valence-electron chi connectivity index (χ4n) is 2.01. The SMILES string of the molecule is COc1ccc(C)cc1C(C=O)C1CC1. The Morgan fingerprint density at radius 2 is 2.20 bits per heavy atom. The lowest BCUT2D eigenvalue weighted by atomic mass is 9.93. The molecule has 0 aliphatic heterocycles. The molecule has 15 heavy (non-hydrogen) atoms. The summed E-state index contributed by atoms with van der Waals surface area (Å²) in [6.45, 7) is 2.04. The molecule has 2 heteroatoms. The highest BCUT2D eigenvalue weighted by molar-refractivity contribution is 5.66. The Kier molecular flexibility index (Phi) is 2.76. The van der Waals surface area contributed by atoms with Gasteiger partial charge in [0, 0.05) is 11.5 Å². The Balaban J connectivity index is 2.38. The van der Waals surface area contributed by atoms with Gasteiger partial charge in [0.25, 0.3) is 0 Å². The van der Waals surface area contributed by atoms with Crippen LogP contribution in [-0.2, 0) is 4.79 Å². The Morgan fingerprint density at radius 1 is 1.47 bits per heavy atom. The fraction of sp³-hybridized carbons (Fsp3) is 0.462. The molecule has 1 aliphatic carbocycles. The third-order valence-corrected chi connectivity index (χ3v) is 3.02. The van der Waals surface area contributed by atoms with Crippen molar-refractivity contribution in [1.82, 2.24) is 0 Å². The van der Waals surface area contributed by atoms with Crippen molar-refractivity contribution in [1.29, 1.82) is 0 Å². The van der Waals surface area contributed by atoms with E-state index in [1.54, 1.807) is 7.11 Å². The van der Waals surface area contributed by atoms with Crippen molar-refractivity contribution in [3.05, 3.63) is 29.3 Å². The highest BCUT2D eigenvalue weighted by Crippen LogP contribution is 2.44. The summed E-state index contributed by atoms with van der Waals surface area (Å²) in [5.74, 6) is 1.41. The van der Waals surface area contributed by atoms with Crippen LogP contribution in [0.1, 0.15) is 29.9 Å². The van der Waals surface area contributed by atoms with E-state index < -0.39 is 0 Å². The average molecular weight is 204 g/mol. The largest absolute Gasteiger partial charge is 0.496 e. The molecular formula is C13H16O2. The molecule has 0 aromatic heterocycles. The van der Waals surface area contributed by atoms with E-state index in [9.17, 15) is 4.79 Å². The zero-order valence-corrected chi connectivity index (χ0v) is 9.19. The Hall–Kier alpha value is -1.31. The molecule has 80 valence electrons. The first-order valence-corrected chi connectivity index (χ1v) is 5.36. The number of ether oxygens (including phenoxy) is 1. The maximum absolute atomic E-state index is 11.1. The van der Waals surface area contributed by atoms with Crippen molar-refractivity contribution >= 4 is 6.29 Å². The van der Waals surface area contributed by atoms with Crippen molar-refractivity contribution < 1.29 is 9.53 Å². The maximum atomic E-state index is 11.1. The second kappa shape index (κ2) is 4.05. The second-order valence-corrected chi connectivity index (χ2v) is 4.24. The van der Waals surface area contributed by atoms with Gasteiger partial charge in [0.05, 0.1) is 7.11 Å². The molecule has 0 amide bonds.